The van der Waals surface area contributed by atoms with Gasteiger partial charge in [-0.05, 0) is 29.3 Å². The second kappa shape index (κ2) is 6.51. The highest BCUT2D eigenvalue weighted by Gasteiger charge is 2.04. The van der Waals surface area contributed by atoms with Gasteiger partial charge in [0.15, 0.2) is 0 Å². The quantitative estimate of drug-likeness (QED) is 0.486. The van der Waals surface area contributed by atoms with Crippen molar-refractivity contribution in [3.05, 3.63) is 59.9 Å². The first-order valence-corrected chi connectivity index (χ1v) is 5.86. The van der Waals surface area contributed by atoms with E-state index in [1.54, 1.807) is 18.5 Å². The molecule has 0 aliphatic rings. The minimum atomic E-state index is 0.300. The average Bonchev–Trinajstić information content (AvgIpc) is 2.44. The van der Waals surface area contributed by atoms with E-state index in [1.165, 1.54) is 5.06 Å². The number of carbonyl (C=O) groups is 1. The Labute approximate surface area is 111 Å². The number of pyridine rings is 1. The Morgan fingerprint density at radius 3 is 2.79 bits per heavy atom. The van der Waals surface area contributed by atoms with E-state index in [0.29, 0.717) is 25.2 Å². The number of benzene rings is 1. The summed E-state index contributed by atoms with van der Waals surface area (Å²) in [5, 5.41) is 1.24. The van der Waals surface area contributed by atoms with E-state index in [2.05, 4.69) is 4.98 Å². The van der Waals surface area contributed by atoms with Crippen LogP contribution in [0.4, 0.5) is 5.69 Å². The van der Waals surface area contributed by atoms with Gasteiger partial charge in [0.2, 0.25) is 6.41 Å². The second-order valence-corrected chi connectivity index (χ2v) is 4.06. The van der Waals surface area contributed by atoms with Gasteiger partial charge in [0, 0.05) is 18.1 Å². The van der Waals surface area contributed by atoms with Crippen LogP contribution in [0.15, 0.2) is 48.8 Å². The zero-order valence-electron chi connectivity index (χ0n) is 10.4. The van der Waals surface area contributed by atoms with Gasteiger partial charge in [0.25, 0.3) is 0 Å². The van der Waals surface area contributed by atoms with E-state index in [9.17, 15) is 4.79 Å². The Hall–Kier alpha value is -2.40. The van der Waals surface area contributed by atoms with Crippen molar-refractivity contribution < 1.29 is 9.63 Å². The van der Waals surface area contributed by atoms with E-state index in [0.717, 1.165) is 11.1 Å². The van der Waals surface area contributed by atoms with Gasteiger partial charge in [-0.25, -0.2) is 5.06 Å². The Balaban J connectivity index is 1.92. The maximum atomic E-state index is 11.0. The van der Waals surface area contributed by atoms with Crippen LogP contribution in [0.2, 0.25) is 0 Å². The molecule has 98 valence electrons. The molecule has 0 unspecified atom stereocenters. The monoisotopic (exact) mass is 257 g/mol. The molecule has 1 amide bonds. The van der Waals surface area contributed by atoms with Crippen LogP contribution < -0.4 is 5.73 Å². The number of rotatable bonds is 6. The number of hydrogen-bond donors (Lipinski definition) is 1. The minimum absolute atomic E-state index is 0.300. The number of anilines is 1. The molecule has 2 rings (SSSR count). The summed E-state index contributed by atoms with van der Waals surface area (Å²) in [4.78, 5) is 20.4. The summed E-state index contributed by atoms with van der Waals surface area (Å²) in [6.07, 6.45) is 4.04. The van der Waals surface area contributed by atoms with Crippen molar-refractivity contribution in [1.82, 2.24) is 10.0 Å². The molecule has 0 spiro atoms. The molecule has 1 aromatic heterocycles. The largest absolute Gasteiger partial charge is 0.399 e. The third kappa shape index (κ3) is 4.08. The number of carbonyl (C=O) groups excluding carboxylic acids is 1. The van der Waals surface area contributed by atoms with Gasteiger partial charge < -0.3 is 5.73 Å². The number of hydroxylamine groups is 2. The number of amides is 1. The number of nitrogens with zero attached hydrogens (tertiary/aromatic N) is 2. The van der Waals surface area contributed by atoms with Crippen LogP contribution in [0.5, 0.6) is 0 Å². The summed E-state index contributed by atoms with van der Waals surface area (Å²) in [5.74, 6) is 0. The lowest BCUT2D eigenvalue weighted by Crippen LogP contribution is -2.21. The fourth-order valence-corrected chi connectivity index (χ4v) is 1.63. The van der Waals surface area contributed by atoms with Crippen LogP contribution >= 0.6 is 0 Å². The van der Waals surface area contributed by atoms with Crippen molar-refractivity contribution >= 4 is 12.1 Å². The minimum Gasteiger partial charge on any atom is -0.399 e. The van der Waals surface area contributed by atoms with E-state index in [1.807, 2.05) is 30.3 Å². The number of nitrogen functional groups attached to an aromatic ring is 1. The molecule has 1 heterocycles. The predicted octanol–water partition coefficient (Wildman–Crippen LogP) is 1.75. The molecular weight excluding hydrogens is 242 g/mol. The molecule has 0 aliphatic heterocycles. The summed E-state index contributed by atoms with van der Waals surface area (Å²) in [7, 11) is 0. The standard InChI is InChI=1S/C14H15N3O2/c15-14-5-1-3-12(7-14)9-17(11-18)19-10-13-4-2-6-16-8-13/h1-8,11H,9-10,15H2. The molecule has 0 bridgehead atoms. The molecule has 5 heteroatoms. The maximum absolute atomic E-state index is 11.0. The molecule has 2 aromatic rings. The number of hydrogen-bond acceptors (Lipinski definition) is 4. The van der Waals surface area contributed by atoms with Crippen LogP contribution in [0.25, 0.3) is 0 Å². The second-order valence-electron chi connectivity index (χ2n) is 4.06. The summed E-state index contributed by atoms with van der Waals surface area (Å²) >= 11 is 0. The molecule has 0 saturated carbocycles. The maximum Gasteiger partial charge on any atom is 0.233 e. The van der Waals surface area contributed by atoms with Gasteiger partial charge in [-0.1, -0.05) is 18.2 Å². The highest BCUT2D eigenvalue weighted by molar-refractivity contribution is 5.46. The Bertz CT molecular complexity index is 531. The van der Waals surface area contributed by atoms with Crippen LogP contribution in [0, 0.1) is 0 Å². The molecule has 0 saturated heterocycles. The van der Waals surface area contributed by atoms with Gasteiger partial charge in [-0.3, -0.25) is 14.6 Å². The van der Waals surface area contributed by atoms with Gasteiger partial charge in [-0.2, -0.15) is 0 Å². The fourth-order valence-electron chi connectivity index (χ4n) is 1.63. The zero-order chi connectivity index (χ0) is 13.5. The Morgan fingerprint density at radius 2 is 2.11 bits per heavy atom. The summed E-state index contributed by atoms with van der Waals surface area (Å²) in [6.45, 7) is 0.656. The Kier molecular flexibility index (Phi) is 4.47. The average molecular weight is 257 g/mol. The van der Waals surface area contributed by atoms with Gasteiger partial charge in [-0.15, -0.1) is 0 Å². The molecule has 0 aliphatic carbocycles. The molecule has 0 radical (unpaired) electrons. The molecule has 0 atom stereocenters. The first-order chi connectivity index (χ1) is 9.28. The van der Waals surface area contributed by atoms with Crippen molar-refractivity contribution in [3.63, 3.8) is 0 Å². The Morgan fingerprint density at radius 1 is 1.26 bits per heavy atom. The van der Waals surface area contributed by atoms with Crippen LogP contribution in [-0.2, 0) is 22.8 Å². The summed E-state index contributed by atoms with van der Waals surface area (Å²) in [5.41, 5.74) is 8.17. The molecule has 0 fully saturated rings. The normalized spacial score (nSPS) is 10.1. The first-order valence-electron chi connectivity index (χ1n) is 5.86. The van der Waals surface area contributed by atoms with Crippen molar-refractivity contribution in [2.75, 3.05) is 5.73 Å². The van der Waals surface area contributed by atoms with Gasteiger partial charge in [0.05, 0.1) is 6.54 Å². The van der Waals surface area contributed by atoms with Crippen molar-refractivity contribution in [3.8, 4) is 0 Å². The van der Waals surface area contributed by atoms with Gasteiger partial charge >= 0.3 is 0 Å². The number of aromatic nitrogens is 1. The molecule has 5 nitrogen and oxygen atoms in total. The lowest BCUT2D eigenvalue weighted by Gasteiger charge is -2.17. The van der Waals surface area contributed by atoms with E-state index in [4.69, 9.17) is 10.6 Å². The summed E-state index contributed by atoms with van der Waals surface area (Å²) < 4.78 is 0. The lowest BCUT2D eigenvalue weighted by molar-refractivity contribution is -0.181. The smallest absolute Gasteiger partial charge is 0.233 e. The molecule has 19 heavy (non-hydrogen) atoms. The van der Waals surface area contributed by atoms with Gasteiger partial charge in [0.1, 0.15) is 6.61 Å². The van der Waals surface area contributed by atoms with Crippen LogP contribution in [0.1, 0.15) is 11.1 Å². The summed E-state index contributed by atoms with van der Waals surface area (Å²) in [6, 6.07) is 11.0. The van der Waals surface area contributed by atoms with Crippen LogP contribution in [-0.4, -0.2) is 16.5 Å². The lowest BCUT2D eigenvalue weighted by atomic mass is 10.2. The van der Waals surface area contributed by atoms with E-state index in [-0.39, 0.29) is 0 Å². The van der Waals surface area contributed by atoms with Crippen molar-refractivity contribution in [1.29, 1.82) is 0 Å². The van der Waals surface area contributed by atoms with E-state index < -0.39 is 0 Å². The van der Waals surface area contributed by atoms with Crippen molar-refractivity contribution in [2.45, 2.75) is 13.2 Å². The van der Waals surface area contributed by atoms with Crippen molar-refractivity contribution in [2.24, 2.45) is 0 Å². The highest BCUT2D eigenvalue weighted by atomic mass is 16.7. The van der Waals surface area contributed by atoms with Crippen LogP contribution in [0.3, 0.4) is 0 Å². The SMILES string of the molecule is Nc1cccc(CN(C=O)OCc2cccnc2)c1. The predicted molar refractivity (Wildman–Crippen MR) is 71.5 cm³/mol. The molecule has 2 N–H and O–H groups in total. The molecule has 1 aromatic carbocycles. The third-order valence-corrected chi connectivity index (χ3v) is 2.53. The fraction of sp³-hybridized carbons (Fsp3) is 0.143. The van der Waals surface area contributed by atoms with E-state index >= 15 is 0 Å². The highest BCUT2D eigenvalue weighted by Crippen LogP contribution is 2.10. The molecular formula is C14H15N3O2. The topological polar surface area (TPSA) is 68.5 Å². The first kappa shape index (κ1) is 13.0. The number of nitrogens with two attached hydrogens (primary N) is 1. The zero-order valence-corrected chi connectivity index (χ0v) is 10.4. The third-order valence-electron chi connectivity index (χ3n) is 2.53.